The van der Waals surface area contributed by atoms with Crippen LogP contribution in [0.5, 0.6) is 0 Å². The van der Waals surface area contributed by atoms with Crippen molar-refractivity contribution in [1.82, 2.24) is 4.90 Å². The van der Waals surface area contributed by atoms with E-state index in [2.05, 4.69) is 0 Å². The van der Waals surface area contributed by atoms with Crippen LogP contribution in [0.2, 0.25) is 0 Å². The number of carbonyl (C=O) groups is 1. The molecule has 0 bridgehead atoms. The molecular formula is C16H14F2N2O3. The van der Waals surface area contributed by atoms with Gasteiger partial charge < -0.3 is 4.90 Å². The van der Waals surface area contributed by atoms with Crippen LogP contribution >= 0.6 is 0 Å². The van der Waals surface area contributed by atoms with Crippen molar-refractivity contribution in [3.63, 3.8) is 0 Å². The maximum Gasteiger partial charge on any atom is 0.272 e. The van der Waals surface area contributed by atoms with Crippen LogP contribution in [0.15, 0.2) is 42.5 Å². The molecule has 2 aromatic rings. The number of hydrogen-bond donors (Lipinski definition) is 0. The minimum absolute atomic E-state index is 0.297. The molecule has 0 aliphatic carbocycles. The molecule has 2 rings (SSSR count). The molecule has 0 spiro atoms. The van der Waals surface area contributed by atoms with E-state index < -0.39 is 34.2 Å². The first-order valence-corrected chi connectivity index (χ1v) is 6.78. The first-order chi connectivity index (χ1) is 10.8. The van der Waals surface area contributed by atoms with Crippen LogP contribution in [0.25, 0.3) is 0 Å². The molecule has 0 saturated carbocycles. The molecule has 0 N–H and O–H groups in total. The van der Waals surface area contributed by atoms with Crippen LogP contribution in [0.4, 0.5) is 14.5 Å². The predicted molar refractivity (Wildman–Crippen MR) is 80.0 cm³/mol. The van der Waals surface area contributed by atoms with Gasteiger partial charge in [0, 0.05) is 18.7 Å². The average molecular weight is 320 g/mol. The standard InChI is InChI=1S/C16H14F2N2O3/c1-10(12-5-3-4-6-14(12)17)19(2)16(21)13-8-7-11(20(22)23)9-15(13)18/h3-10H,1-2H3. The Kier molecular flexibility index (Phi) is 4.68. The molecule has 0 aliphatic rings. The minimum atomic E-state index is -0.989. The summed E-state index contributed by atoms with van der Waals surface area (Å²) >= 11 is 0. The molecule has 0 radical (unpaired) electrons. The summed E-state index contributed by atoms with van der Waals surface area (Å²) in [7, 11) is 1.42. The number of benzene rings is 2. The Hall–Kier alpha value is -2.83. The van der Waals surface area contributed by atoms with Gasteiger partial charge in [-0.05, 0) is 19.1 Å². The van der Waals surface area contributed by atoms with E-state index in [1.807, 2.05) is 0 Å². The lowest BCUT2D eigenvalue weighted by Gasteiger charge is -2.25. The number of amides is 1. The lowest BCUT2D eigenvalue weighted by atomic mass is 10.1. The Morgan fingerprint density at radius 3 is 2.39 bits per heavy atom. The van der Waals surface area contributed by atoms with Crippen LogP contribution in [-0.2, 0) is 0 Å². The highest BCUT2D eigenvalue weighted by Crippen LogP contribution is 2.25. The normalized spacial score (nSPS) is 11.8. The van der Waals surface area contributed by atoms with Gasteiger partial charge in [-0.1, -0.05) is 18.2 Å². The molecule has 0 aliphatic heterocycles. The quantitative estimate of drug-likeness (QED) is 0.637. The zero-order chi connectivity index (χ0) is 17.1. The van der Waals surface area contributed by atoms with E-state index in [0.717, 1.165) is 12.1 Å². The van der Waals surface area contributed by atoms with Crippen LogP contribution in [0, 0.1) is 21.7 Å². The fraction of sp³-hybridized carbons (Fsp3) is 0.188. The highest BCUT2D eigenvalue weighted by atomic mass is 19.1. The fourth-order valence-electron chi connectivity index (χ4n) is 2.18. The SMILES string of the molecule is CC(c1ccccc1F)N(C)C(=O)c1ccc([N+](=O)[O-])cc1F. The van der Waals surface area contributed by atoms with E-state index in [1.54, 1.807) is 13.0 Å². The van der Waals surface area contributed by atoms with Gasteiger partial charge in [-0.2, -0.15) is 0 Å². The molecule has 5 nitrogen and oxygen atoms in total. The first kappa shape index (κ1) is 16.5. The molecule has 0 fully saturated rings. The van der Waals surface area contributed by atoms with Crippen LogP contribution in [-0.4, -0.2) is 22.8 Å². The van der Waals surface area contributed by atoms with Gasteiger partial charge >= 0.3 is 0 Å². The van der Waals surface area contributed by atoms with Crippen molar-refractivity contribution < 1.29 is 18.5 Å². The van der Waals surface area contributed by atoms with Gasteiger partial charge in [-0.3, -0.25) is 14.9 Å². The summed E-state index contributed by atoms with van der Waals surface area (Å²) in [6, 6.07) is 8.15. The predicted octanol–water partition coefficient (Wildman–Crippen LogP) is 3.71. The molecule has 1 unspecified atom stereocenters. The van der Waals surface area contributed by atoms with Crippen LogP contribution in [0.1, 0.15) is 28.9 Å². The molecule has 0 aromatic heterocycles. The lowest BCUT2D eigenvalue weighted by Crippen LogP contribution is -2.30. The molecule has 1 atom stereocenters. The number of hydrogen-bond acceptors (Lipinski definition) is 3. The van der Waals surface area contributed by atoms with Crippen molar-refractivity contribution in [1.29, 1.82) is 0 Å². The Balaban J connectivity index is 2.29. The summed E-state index contributed by atoms with van der Waals surface area (Å²) in [5.41, 5.74) is -0.448. The molecular weight excluding hydrogens is 306 g/mol. The van der Waals surface area contributed by atoms with Gasteiger partial charge in [0.1, 0.15) is 11.6 Å². The summed E-state index contributed by atoms with van der Waals surface area (Å²) in [4.78, 5) is 23.4. The van der Waals surface area contributed by atoms with Crippen molar-refractivity contribution in [2.45, 2.75) is 13.0 Å². The van der Waals surface area contributed by atoms with Gasteiger partial charge in [0.05, 0.1) is 22.6 Å². The van der Waals surface area contributed by atoms with Gasteiger partial charge in [0.15, 0.2) is 0 Å². The van der Waals surface area contributed by atoms with E-state index in [1.165, 1.54) is 30.1 Å². The number of nitro benzene ring substituents is 1. The molecule has 1 amide bonds. The van der Waals surface area contributed by atoms with Crippen molar-refractivity contribution in [3.05, 3.63) is 75.3 Å². The average Bonchev–Trinajstić information content (AvgIpc) is 2.53. The number of nitro groups is 1. The zero-order valence-corrected chi connectivity index (χ0v) is 12.5. The fourth-order valence-corrected chi connectivity index (χ4v) is 2.18. The molecule has 2 aromatic carbocycles. The zero-order valence-electron chi connectivity index (χ0n) is 12.5. The second kappa shape index (κ2) is 6.51. The lowest BCUT2D eigenvalue weighted by molar-refractivity contribution is -0.385. The van der Waals surface area contributed by atoms with Crippen LogP contribution in [0.3, 0.4) is 0 Å². The molecule has 23 heavy (non-hydrogen) atoms. The summed E-state index contributed by atoms with van der Waals surface area (Å²) in [5.74, 6) is -2.14. The summed E-state index contributed by atoms with van der Waals surface area (Å²) in [6.07, 6.45) is 0. The Bertz CT molecular complexity index is 765. The summed E-state index contributed by atoms with van der Waals surface area (Å²) < 4.78 is 27.7. The van der Waals surface area contributed by atoms with Gasteiger partial charge in [-0.25, -0.2) is 8.78 Å². The Labute approximate surface area is 131 Å². The van der Waals surface area contributed by atoms with E-state index in [-0.39, 0.29) is 5.56 Å². The topological polar surface area (TPSA) is 63.5 Å². The van der Waals surface area contributed by atoms with E-state index >= 15 is 0 Å². The van der Waals surface area contributed by atoms with Gasteiger partial charge in [0.25, 0.3) is 11.6 Å². The molecule has 120 valence electrons. The molecule has 0 saturated heterocycles. The third-order valence-electron chi connectivity index (χ3n) is 3.65. The number of carbonyl (C=O) groups excluding carboxylic acids is 1. The smallest absolute Gasteiger partial charge is 0.272 e. The van der Waals surface area contributed by atoms with E-state index in [0.29, 0.717) is 11.6 Å². The Morgan fingerprint density at radius 1 is 1.17 bits per heavy atom. The van der Waals surface area contributed by atoms with E-state index in [9.17, 15) is 23.7 Å². The number of halogens is 2. The highest BCUT2D eigenvalue weighted by molar-refractivity contribution is 5.94. The monoisotopic (exact) mass is 320 g/mol. The molecule has 7 heteroatoms. The van der Waals surface area contributed by atoms with Crippen molar-refractivity contribution >= 4 is 11.6 Å². The maximum absolute atomic E-state index is 13.9. The second-order valence-corrected chi connectivity index (χ2v) is 5.03. The summed E-state index contributed by atoms with van der Waals surface area (Å²) in [6.45, 7) is 1.61. The maximum atomic E-state index is 13.9. The first-order valence-electron chi connectivity index (χ1n) is 6.78. The highest BCUT2D eigenvalue weighted by Gasteiger charge is 2.24. The van der Waals surface area contributed by atoms with Gasteiger partial charge in [-0.15, -0.1) is 0 Å². The molecule has 0 heterocycles. The van der Waals surface area contributed by atoms with Crippen molar-refractivity contribution in [2.24, 2.45) is 0 Å². The van der Waals surface area contributed by atoms with Crippen molar-refractivity contribution in [3.8, 4) is 0 Å². The third-order valence-corrected chi connectivity index (χ3v) is 3.65. The number of nitrogens with zero attached hydrogens (tertiary/aromatic N) is 2. The van der Waals surface area contributed by atoms with Crippen LogP contribution < -0.4 is 0 Å². The largest absolute Gasteiger partial charge is 0.335 e. The third kappa shape index (κ3) is 3.33. The number of rotatable bonds is 4. The second-order valence-electron chi connectivity index (χ2n) is 5.03. The van der Waals surface area contributed by atoms with E-state index in [4.69, 9.17) is 0 Å². The van der Waals surface area contributed by atoms with Gasteiger partial charge in [0.2, 0.25) is 0 Å². The Morgan fingerprint density at radius 2 is 1.83 bits per heavy atom. The minimum Gasteiger partial charge on any atom is -0.335 e. The van der Waals surface area contributed by atoms with Crippen molar-refractivity contribution in [2.75, 3.05) is 7.05 Å². The number of non-ortho nitro benzene ring substituents is 1. The summed E-state index contributed by atoms with van der Waals surface area (Å²) in [5, 5.41) is 10.6.